The van der Waals surface area contributed by atoms with Gasteiger partial charge in [-0.2, -0.15) is 0 Å². The Balaban J connectivity index is 0.00000288. The van der Waals surface area contributed by atoms with E-state index in [1.807, 2.05) is 23.7 Å². The summed E-state index contributed by atoms with van der Waals surface area (Å²) < 4.78 is 5.37. The molecule has 0 spiro atoms. The van der Waals surface area contributed by atoms with Gasteiger partial charge in [0.2, 0.25) is 0 Å². The molecule has 0 aliphatic carbocycles. The number of thiazole rings is 1. The molecule has 0 atom stereocenters. The number of rotatable bonds is 9. The lowest BCUT2D eigenvalue weighted by atomic mass is 10.3. The summed E-state index contributed by atoms with van der Waals surface area (Å²) in [7, 11) is 2.08. The largest absolute Gasteiger partial charge is 0.469 e. The number of unbranched alkanes of at least 4 members (excludes halogenated alkanes) is 1. The molecule has 2 aromatic rings. The molecule has 134 valence electrons. The van der Waals surface area contributed by atoms with Gasteiger partial charge >= 0.3 is 0 Å². The van der Waals surface area contributed by atoms with Crippen molar-refractivity contribution in [3.63, 3.8) is 0 Å². The molecule has 2 aromatic heterocycles. The van der Waals surface area contributed by atoms with Crippen molar-refractivity contribution >= 4 is 41.3 Å². The lowest BCUT2D eigenvalue weighted by Gasteiger charge is -2.22. The van der Waals surface area contributed by atoms with E-state index in [-0.39, 0.29) is 24.0 Å². The molecule has 1 N–H and O–H groups in total. The first-order valence-corrected chi connectivity index (χ1v) is 9.07. The molecule has 0 saturated carbocycles. The highest BCUT2D eigenvalue weighted by Gasteiger charge is 2.07. The van der Waals surface area contributed by atoms with Crippen molar-refractivity contribution in [3.05, 3.63) is 40.7 Å². The van der Waals surface area contributed by atoms with Gasteiger partial charge in [-0.3, -0.25) is 4.99 Å². The van der Waals surface area contributed by atoms with Crippen LogP contribution in [0.25, 0.3) is 0 Å². The average Bonchev–Trinajstić information content (AvgIpc) is 3.25. The third-order valence-corrected chi connectivity index (χ3v) is 4.35. The van der Waals surface area contributed by atoms with Crippen LogP contribution in [-0.2, 0) is 12.8 Å². The number of furan rings is 1. The molecule has 5 nitrogen and oxygen atoms in total. The molecule has 7 heteroatoms. The molecule has 2 heterocycles. The Morgan fingerprint density at radius 2 is 2.29 bits per heavy atom. The summed E-state index contributed by atoms with van der Waals surface area (Å²) in [5, 5.41) is 6.63. The Bertz CT molecular complexity index is 557. The summed E-state index contributed by atoms with van der Waals surface area (Å²) in [6.45, 7) is 4.78. The molecule has 0 bridgehead atoms. The van der Waals surface area contributed by atoms with Crippen LogP contribution in [0.5, 0.6) is 0 Å². The van der Waals surface area contributed by atoms with Gasteiger partial charge in [0.15, 0.2) is 5.96 Å². The van der Waals surface area contributed by atoms with E-state index < -0.39 is 0 Å². The van der Waals surface area contributed by atoms with E-state index in [0.29, 0.717) is 0 Å². The van der Waals surface area contributed by atoms with Crippen molar-refractivity contribution in [2.24, 2.45) is 4.99 Å². The van der Waals surface area contributed by atoms with Crippen LogP contribution in [0.2, 0.25) is 0 Å². The van der Waals surface area contributed by atoms with Gasteiger partial charge in [-0.15, -0.1) is 35.3 Å². The van der Waals surface area contributed by atoms with Gasteiger partial charge < -0.3 is 14.6 Å². The quantitative estimate of drug-likeness (QED) is 0.267. The van der Waals surface area contributed by atoms with Gasteiger partial charge in [-0.1, -0.05) is 13.3 Å². The fourth-order valence-electron chi connectivity index (χ4n) is 2.15. The number of guanidine groups is 1. The van der Waals surface area contributed by atoms with Crippen molar-refractivity contribution in [1.82, 2.24) is 15.2 Å². The third kappa shape index (κ3) is 7.65. The predicted molar refractivity (Wildman–Crippen MR) is 111 cm³/mol. The van der Waals surface area contributed by atoms with Gasteiger partial charge in [0.1, 0.15) is 5.76 Å². The zero-order valence-electron chi connectivity index (χ0n) is 14.4. The summed E-state index contributed by atoms with van der Waals surface area (Å²) in [4.78, 5) is 11.2. The van der Waals surface area contributed by atoms with Crippen molar-refractivity contribution in [2.45, 2.75) is 32.6 Å². The highest BCUT2D eigenvalue weighted by atomic mass is 127. The minimum absolute atomic E-state index is 0. The first-order chi connectivity index (χ1) is 11.3. The van der Waals surface area contributed by atoms with E-state index in [1.54, 1.807) is 17.6 Å². The minimum Gasteiger partial charge on any atom is -0.469 e. The molecule has 0 amide bonds. The number of likely N-dealkylation sites (N-methyl/N-ethyl adjacent to an activating group) is 1. The number of halogens is 1. The number of aliphatic imine (C=N–C) groups is 1. The standard InChI is InChI=1S/C17H26N4OS.HI/c1-3-4-9-19-17(20-10-7-15-6-5-13-22-15)21(2)12-8-16-18-11-14-23-16;/h5-6,11,13-14H,3-4,7-10,12H2,1-2H3,(H,19,20);1H. The smallest absolute Gasteiger partial charge is 0.193 e. The SMILES string of the molecule is CCCCN=C(NCCc1ccco1)N(C)CCc1nccs1.I. The molecule has 0 aliphatic rings. The van der Waals surface area contributed by atoms with E-state index >= 15 is 0 Å². The molecule has 24 heavy (non-hydrogen) atoms. The average molecular weight is 462 g/mol. The van der Waals surface area contributed by atoms with Gasteiger partial charge in [0, 0.05) is 51.1 Å². The molecule has 0 saturated heterocycles. The third-order valence-electron chi connectivity index (χ3n) is 3.51. The van der Waals surface area contributed by atoms with E-state index in [0.717, 1.165) is 57.0 Å². The summed E-state index contributed by atoms with van der Waals surface area (Å²) in [6.07, 6.45) is 7.65. The Kier molecular flexibility index (Phi) is 10.7. The van der Waals surface area contributed by atoms with E-state index in [2.05, 4.69) is 29.2 Å². The van der Waals surface area contributed by atoms with Crippen molar-refractivity contribution < 1.29 is 4.42 Å². The fourth-order valence-corrected chi connectivity index (χ4v) is 2.76. The zero-order valence-corrected chi connectivity index (χ0v) is 17.5. The number of nitrogens with zero attached hydrogens (tertiary/aromatic N) is 3. The van der Waals surface area contributed by atoms with Crippen LogP contribution in [0.3, 0.4) is 0 Å². The van der Waals surface area contributed by atoms with Gasteiger partial charge in [0.05, 0.1) is 11.3 Å². The van der Waals surface area contributed by atoms with Crippen LogP contribution in [0.15, 0.2) is 39.4 Å². The highest BCUT2D eigenvalue weighted by molar-refractivity contribution is 14.0. The van der Waals surface area contributed by atoms with Crippen molar-refractivity contribution in [2.75, 3.05) is 26.7 Å². The van der Waals surface area contributed by atoms with Crippen molar-refractivity contribution in [3.8, 4) is 0 Å². The second-order valence-corrected chi connectivity index (χ2v) is 6.39. The van der Waals surface area contributed by atoms with E-state index in [1.165, 1.54) is 5.01 Å². The van der Waals surface area contributed by atoms with Gasteiger partial charge in [-0.05, 0) is 18.6 Å². The first-order valence-electron chi connectivity index (χ1n) is 8.19. The maximum atomic E-state index is 5.37. The van der Waals surface area contributed by atoms with Crippen molar-refractivity contribution in [1.29, 1.82) is 0 Å². The summed E-state index contributed by atoms with van der Waals surface area (Å²) in [5.74, 6) is 1.96. The van der Waals surface area contributed by atoms with Crippen LogP contribution in [-0.4, -0.2) is 42.5 Å². The van der Waals surface area contributed by atoms with Gasteiger partial charge in [0.25, 0.3) is 0 Å². The van der Waals surface area contributed by atoms with Crippen LogP contribution in [0.4, 0.5) is 0 Å². The number of aromatic nitrogens is 1. The van der Waals surface area contributed by atoms with Crippen LogP contribution in [0.1, 0.15) is 30.5 Å². The molecule has 0 aliphatic heterocycles. The Labute approximate surface area is 165 Å². The summed E-state index contributed by atoms with van der Waals surface area (Å²) in [5.41, 5.74) is 0. The second-order valence-electron chi connectivity index (χ2n) is 5.41. The normalized spacial score (nSPS) is 11.2. The maximum Gasteiger partial charge on any atom is 0.193 e. The molecule has 0 fully saturated rings. The fraction of sp³-hybridized carbons (Fsp3) is 0.529. The molecule has 0 radical (unpaired) electrons. The van der Waals surface area contributed by atoms with Crippen LogP contribution < -0.4 is 5.32 Å². The highest BCUT2D eigenvalue weighted by Crippen LogP contribution is 2.05. The first kappa shape index (κ1) is 21.0. The zero-order chi connectivity index (χ0) is 16.3. The summed E-state index contributed by atoms with van der Waals surface area (Å²) in [6, 6.07) is 3.92. The Morgan fingerprint density at radius 3 is 2.96 bits per heavy atom. The molecular formula is C17H27IN4OS. The van der Waals surface area contributed by atoms with E-state index in [9.17, 15) is 0 Å². The molecular weight excluding hydrogens is 435 g/mol. The Morgan fingerprint density at radius 1 is 1.42 bits per heavy atom. The summed E-state index contributed by atoms with van der Waals surface area (Å²) >= 11 is 1.70. The van der Waals surface area contributed by atoms with Gasteiger partial charge in [-0.25, -0.2) is 4.98 Å². The lowest BCUT2D eigenvalue weighted by Crippen LogP contribution is -2.41. The molecule has 0 unspecified atom stereocenters. The van der Waals surface area contributed by atoms with Crippen LogP contribution >= 0.6 is 35.3 Å². The molecule has 2 rings (SSSR count). The number of hydrogen-bond donors (Lipinski definition) is 1. The minimum atomic E-state index is 0. The Hall–Kier alpha value is -1.09. The van der Waals surface area contributed by atoms with Crippen LogP contribution in [0, 0.1) is 0 Å². The maximum absolute atomic E-state index is 5.37. The lowest BCUT2D eigenvalue weighted by molar-refractivity contribution is 0.474. The predicted octanol–water partition coefficient (Wildman–Crippen LogP) is 3.82. The second kappa shape index (κ2) is 12.3. The number of hydrogen-bond acceptors (Lipinski definition) is 4. The topological polar surface area (TPSA) is 53.7 Å². The molecule has 0 aromatic carbocycles. The number of nitrogens with one attached hydrogen (secondary N) is 1. The van der Waals surface area contributed by atoms with E-state index in [4.69, 9.17) is 9.41 Å². The monoisotopic (exact) mass is 462 g/mol.